The van der Waals surface area contributed by atoms with E-state index in [4.69, 9.17) is 0 Å². The van der Waals surface area contributed by atoms with Crippen molar-refractivity contribution in [2.45, 2.75) is 39.7 Å². The Hall–Kier alpha value is -2.30. The summed E-state index contributed by atoms with van der Waals surface area (Å²) in [7, 11) is 0. The van der Waals surface area contributed by atoms with Gasteiger partial charge in [0, 0.05) is 11.7 Å². The number of benzene rings is 1. The molecule has 1 aromatic heterocycles. The number of para-hydroxylation sites is 2. The Balaban J connectivity index is 1.79. The minimum atomic E-state index is -0.159. The van der Waals surface area contributed by atoms with Crippen LogP contribution in [-0.4, -0.2) is 21.9 Å². The SMILES string of the molecule is Cc1cc(C)n(-c2ccccc2NC(=O)NC(C)C2CC2)n1. The number of hydrogen-bond donors (Lipinski definition) is 2. The molecule has 116 valence electrons. The number of nitrogens with one attached hydrogen (secondary N) is 2. The molecular formula is C17H22N4O. The normalized spacial score (nSPS) is 15.4. The molecule has 0 radical (unpaired) electrons. The van der Waals surface area contributed by atoms with Gasteiger partial charge in [0.2, 0.25) is 0 Å². The summed E-state index contributed by atoms with van der Waals surface area (Å²) in [5, 5.41) is 10.4. The number of rotatable bonds is 4. The monoisotopic (exact) mass is 298 g/mol. The Morgan fingerprint density at radius 2 is 2.05 bits per heavy atom. The van der Waals surface area contributed by atoms with Gasteiger partial charge in [0.05, 0.1) is 17.1 Å². The van der Waals surface area contributed by atoms with E-state index in [1.54, 1.807) is 0 Å². The van der Waals surface area contributed by atoms with Gasteiger partial charge < -0.3 is 10.6 Å². The Morgan fingerprint density at radius 1 is 1.32 bits per heavy atom. The average molecular weight is 298 g/mol. The summed E-state index contributed by atoms with van der Waals surface area (Å²) in [6.07, 6.45) is 2.42. The van der Waals surface area contributed by atoms with Gasteiger partial charge in [-0.15, -0.1) is 0 Å². The van der Waals surface area contributed by atoms with Crippen molar-refractivity contribution in [1.82, 2.24) is 15.1 Å². The van der Waals surface area contributed by atoms with Gasteiger partial charge in [-0.25, -0.2) is 9.48 Å². The zero-order chi connectivity index (χ0) is 15.7. The maximum atomic E-state index is 12.2. The topological polar surface area (TPSA) is 59.0 Å². The fraction of sp³-hybridized carbons (Fsp3) is 0.412. The van der Waals surface area contributed by atoms with Crippen LogP contribution in [-0.2, 0) is 0 Å². The number of urea groups is 1. The first kappa shape index (κ1) is 14.6. The molecule has 1 heterocycles. The third kappa shape index (κ3) is 3.13. The second-order valence-corrected chi connectivity index (χ2v) is 6.08. The predicted octanol–water partition coefficient (Wildman–Crippen LogP) is 3.41. The smallest absolute Gasteiger partial charge is 0.319 e. The van der Waals surface area contributed by atoms with Crippen molar-refractivity contribution in [3.63, 3.8) is 0 Å². The molecule has 5 nitrogen and oxygen atoms in total. The molecule has 1 unspecified atom stereocenters. The minimum absolute atomic E-state index is 0.159. The quantitative estimate of drug-likeness (QED) is 0.908. The molecule has 0 spiro atoms. The van der Waals surface area contributed by atoms with Crippen molar-refractivity contribution in [2.24, 2.45) is 5.92 Å². The molecule has 2 amide bonds. The highest BCUT2D eigenvalue weighted by Crippen LogP contribution is 2.32. The lowest BCUT2D eigenvalue weighted by molar-refractivity contribution is 0.248. The van der Waals surface area contributed by atoms with Crippen LogP contribution in [0, 0.1) is 19.8 Å². The first-order chi connectivity index (χ1) is 10.5. The van der Waals surface area contributed by atoms with Crippen molar-refractivity contribution in [2.75, 3.05) is 5.32 Å². The Labute approximate surface area is 130 Å². The number of aromatic nitrogens is 2. The van der Waals surface area contributed by atoms with Gasteiger partial charge >= 0.3 is 6.03 Å². The Kier molecular flexibility index (Phi) is 3.88. The van der Waals surface area contributed by atoms with Gasteiger partial charge in [0.15, 0.2) is 0 Å². The van der Waals surface area contributed by atoms with Crippen LogP contribution < -0.4 is 10.6 Å². The van der Waals surface area contributed by atoms with E-state index in [-0.39, 0.29) is 12.1 Å². The standard InChI is InChI=1S/C17H22N4O/c1-11-10-12(2)21(20-11)16-7-5-4-6-15(16)19-17(22)18-13(3)14-8-9-14/h4-7,10,13-14H,8-9H2,1-3H3,(H2,18,19,22). The van der Waals surface area contributed by atoms with Crippen LogP contribution in [0.3, 0.4) is 0 Å². The van der Waals surface area contributed by atoms with Crippen molar-refractivity contribution >= 4 is 11.7 Å². The highest BCUT2D eigenvalue weighted by Gasteiger charge is 2.29. The van der Waals surface area contributed by atoms with Gasteiger partial charge in [0.1, 0.15) is 0 Å². The summed E-state index contributed by atoms with van der Waals surface area (Å²) >= 11 is 0. The summed E-state index contributed by atoms with van der Waals surface area (Å²) in [4.78, 5) is 12.2. The summed E-state index contributed by atoms with van der Waals surface area (Å²) in [6.45, 7) is 6.03. The molecule has 2 aromatic rings. The molecular weight excluding hydrogens is 276 g/mol. The molecule has 1 saturated carbocycles. The van der Waals surface area contributed by atoms with Crippen LogP contribution in [0.4, 0.5) is 10.5 Å². The molecule has 0 saturated heterocycles. The van der Waals surface area contributed by atoms with Crippen molar-refractivity contribution < 1.29 is 4.79 Å². The van der Waals surface area contributed by atoms with Crippen LogP contribution in [0.15, 0.2) is 30.3 Å². The molecule has 1 atom stereocenters. The van der Waals surface area contributed by atoms with Gasteiger partial charge in [-0.05, 0) is 57.7 Å². The molecule has 1 aliphatic rings. The zero-order valence-corrected chi connectivity index (χ0v) is 13.3. The van der Waals surface area contributed by atoms with Crippen molar-refractivity contribution in [3.05, 3.63) is 41.7 Å². The molecule has 5 heteroatoms. The molecule has 1 aromatic carbocycles. The number of aryl methyl sites for hydroxylation is 2. The molecule has 0 aliphatic heterocycles. The van der Waals surface area contributed by atoms with Gasteiger partial charge in [-0.3, -0.25) is 0 Å². The van der Waals surface area contributed by atoms with Crippen LogP contribution in [0.25, 0.3) is 5.69 Å². The van der Waals surface area contributed by atoms with Crippen molar-refractivity contribution in [1.29, 1.82) is 0 Å². The van der Waals surface area contributed by atoms with E-state index in [1.807, 2.05) is 48.9 Å². The summed E-state index contributed by atoms with van der Waals surface area (Å²) in [5.41, 5.74) is 3.63. The molecule has 1 aliphatic carbocycles. The minimum Gasteiger partial charge on any atom is -0.335 e. The molecule has 3 rings (SSSR count). The maximum absolute atomic E-state index is 12.2. The molecule has 1 fully saturated rings. The van der Waals surface area contributed by atoms with Gasteiger partial charge in [0.25, 0.3) is 0 Å². The Bertz CT molecular complexity index is 688. The third-order valence-electron chi connectivity index (χ3n) is 4.08. The number of anilines is 1. The fourth-order valence-corrected chi connectivity index (χ4v) is 2.72. The first-order valence-corrected chi connectivity index (χ1v) is 7.75. The lowest BCUT2D eigenvalue weighted by atomic mass is 10.2. The van der Waals surface area contributed by atoms with E-state index < -0.39 is 0 Å². The highest BCUT2D eigenvalue weighted by molar-refractivity contribution is 5.91. The van der Waals surface area contributed by atoms with E-state index in [9.17, 15) is 4.79 Å². The third-order valence-corrected chi connectivity index (χ3v) is 4.08. The largest absolute Gasteiger partial charge is 0.335 e. The van der Waals surface area contributed by atoms with Crippen molar-refractivity contribution in [3.8, 4) is 5.69 Å². The van der Waals surface area contributed by atoms with E-state index >= 15 is 0 Å². The number of carbonyl (C=O) groups excluding carboxylic acids is 1. The average Bonchev–Trinajstić information content (AvgIpc) is 3.25. The second-order valence-electron chi connectivity index (χ2n) is 6.08. The number of amides is 2. The Morgan fingerprint density at radius 3 is 2.68 bits per heavy atom. The zero-order valence-electron chi connectivity index (χ0n) is 13.3. The van der Waals surface area contributed by atoms with Crippen LogP contribution >= 0.6 is 0 Å². The summed E-state index contributed by atoms with van der Waals surface area (Å²) in [5.74, 6) is 0.636. The van der Waals surface area contributed by atoms with Crippen LogP contribution in [0.2, 0.25) is 0 Å². The fourth-order valence-electron chi connectivity index (χ4n) is 2.72. The van der Waals surface area contributed by atoms with Crippen LogP contribution in [0.5, 0.6) is 0 Å². The number of carbonyl (C=O) groups is 1. The first-order valence-electron chi connectivity index (χ1n) is 7.75. The van der Waals surface area contributed by atoms with E-state index in [2.05, 4.69) is 22.7 Å². The summed E-state index contributed by atoms with van der Waals surface area (Å²) in [6, 6.07) is 9.80. The molecule has 2 N–H and O–H groups in total. The van der Waals surface area contributed by atoms with E-state index in [0.29, 0.717) is 5.92 Å². The van der Waals surface area contributed by atoms with Gasteiger partial charge in [-0.1, -0.05) is 12.1 Å². The maximum Gasteiger partial charge on any atom is 0.319 e. The van der Waals surface area contributed by atoms with E-state index in [1.165, 1.54) is 12.8 Å². The second kappa shape index (κ2) is 5.83. The number of hydrogen-bond acceptors (Lipinski definition) is 2. The lowest BCUT2D eigenvalue weighted by Gasteiger charge is -2.16. The summed E-state index contributed by atoms with van der Waals surface area (Å²) < 4.78 is 1.86. The molecule has 22 heavy (non-hydrogen) atoms. The lowest BCUT2D eigenvalue weighted by Crippen LogP contribution is -2.37. The highest BCUT2D eigenvalue weighted by atomic mass is 16.2. The predicted molar refractivity (Wildman–Crippen MR) is 87.4 cm³/mol. The number of nitrogens with zero attached hydrogens (tertiary/aromatic N) is 2. The van der Waals surface area contributed by atoms with E-state index in [0.717, 1.165) is 22.8 Å². The van der Waals surface area contributed by atoms with Crippen LogP contribution in [0.1, 0.15) is 31.2 Å². The van der Waals surface area contributed by atoms with Gasteiger partial charge in [-0.2, -0.15) is 5.10 Å². The molecule has 0 bridgehead atoms.